The third kappa shape index (κ3) is 3.16. The number of para-hydroxylation sites is 1. The summed E-state index contributed by atoms with van der Waals surface area (Å²) < 4.78 is 6.94. The monoisotopic (exact) mass is 339 g/mol. The van der Waals surface area contributed by atoms with Gasteiger partial charge in [0.15, 0.2) is 0 Å². The molecule has 25 heavy (non-hydrogen) atoms. The maximum absolute atomic E-state index is 12.6. The number of furan rings is 1. The summed E-state index contributed by atoms with van der Waals surface area (Å²) in [6.45, 7) is 0.652. The molecule has 0 unspecified atom stereocenters. The lowest BCUT2D eigenvalue weighted by molar-refractivity contribution is -0.121. The van der Waals surface area contributed by atoms with Gasteiger partial charge in [0.25, 0.3) is 5.56 Å². The molecule has 6 nitrogen and oxygen atoms in total. The normalized spacial score (nSPS) is 15.7. The summed E-state index contributed by atoms with van der Waals surface area (Å²) in [7, 11) is 0. The number of hydrogen-bond donors (Lipinski definition) is 1. The zero-order valence-electron chi connectivity index (χ0n) is 14.0. The van der Waals surface area contributed by atoms with Crippen LogP contribution in [-0.2, 0) is 11.3 Å². The van der Waals surface area contributed by atoms with E-state index in [1.165, 1.54) is 43.0 Å². The van der Waals surface area contributed by atoms with Crippen LogP contribution < -0.4 is 10.9 Å². The fourth-order valence-corrected chi connectivity index (χ4v) is 3.59. The van der Waals surface area contributed by atoms with Crippen LogP contribution in [0.5, 0.6) is 0 Å². The first-order chi connectivity index (χ1) is 12.2. The molecule has 6 heteroatoms. The van der Waals surface area contributed by atoms with E-state index in [0.29, 0.717) is 23.6 Å². The minimum Gasteiger partial charge on any atom is -0.448 e. The Hall–Kier alpha value is -2.63. The van der Waals surface area contributed by atoms with Crippen molar-refractivity contribution in [2.24, 2.45) is 5.92 Å². The van der Waals surface area contributed by atoms with Crippen LogP contribution >= 0.6 is 0 Å². The molecule has 1 amide bonds. The molecular formula is C19H21N3O3. The van der Waals surface area contributed by atoms with Crippen LogP contribution in [0.15, 0.2) is 39.8 Å². The van der Waals surface area contributed by atoms with Gasteiger partial charge in [-0.05, 0) is 30.9 Å². The van der Waals surface area contributed by atoms with E-state index in [-0.39, 0.29) is 23.6 Å². The van der Waals surface area contributed by atoms with E-state index < -0.39 is 0 Å². The summed E-state index contributed by atoms with van der Waals surface area (Å²) in [5.41, 5.74) is 1.04. The molecule has 2 heterocycles. The number of hydrogen-bond acceptors (Lipinski definition) is 4. The van der Waals surface area contributed by atoms with Crippen molar-refractivity contribution in [2.45, 2.75) is 38.6 Å². The van der Waals surface area contributed by atoms with Crippen LogP contribution in [0.4, 0.5) is 0 Å². The molecule has 0 saturated heterocycles. The number of aromatic nitrogens is 2. The third-order valence-electron chi connectivity index (χ3n) is 4.98. The van der Waals surface area contributed by atoms with Crippen LogP contribution in [0, 0.1) is 5.92 Å². The highest BCUT2D eigenvalue weighted by atomic mass is 16.3. The second kappa shape index (κ2) is 6.70. The Morgan fingerprint density at radius 3 is 2.88 bits per heavy atom. The van der Waals surface area contributed by atoms with Crippen molar-refractivity contribution in [3.63, 3.8) is 0 Å². The number of nitrogens with one attached hydrogen (secondary N) is 1. The van der Waals surface area contributed by atoms with E-state index in [0.717, 1.165) is 5.39 Å². The standard InChI is InChI=1S/C19H21N3O3/c23-16(20-10-13-6-2-1-3-7-13)11-22-12-21-17-14-8-4-5-9-15(14)25-18(17)19(22)24/h4-5,8-9,12-13H,1-3,6-7,10-11H2,(H,20,23). The molecule has 0 spiro atoms. The predicted molar refractivity (Wildman–Crippen MR) is 95.4 cm³/mol. The number of rotatable bonds is 4. The average molecular weight is 339 g/mol. The molecule has 1 aliphatic rings. The maximum atomic E-state index is 12.6. The van der Waals surface area contributed by atoms with Crippen LogP contribution in [-0.4, -0.2) is 22.0 Å². The first-order valence-corrected chi connectivity index (χ1v) is 8.86. The molecule has 0 aliphatic heterocycles. The number of carbonyl (C=O) groups is 1. The van der Waals surface area contributed by atoms with Crippen LogP contribution in [0.1, 0.15) is 32.1 Å². The van der Waals surface area contributed by atoms with Gasteiger partial charge < -0.3 is 9.73 Å². The summed E-state index contributed by atoms with van der Waals surface area (Å²) in [4.78, 5) is 29.1. The minimum absolute atomic E-state index is 0.0362. The number of amides is 1. The smallest absolute Gasteiger partial charge is 0.297 e. The van der Waals surface area contributed by atoms with Gasteiger partial charge in [0.05, 0.1) is 6.33 Å². The maximum Gasteiger partial charge on any atom is 0.297 e. The first kappa shape index (κ1) is 15.9. The number of nitrogens with zero attached hydrogens (tertiary/aromatic N) is 2. The van der Waals surface area contributed by atoms with Gasteiger partial charge in [0, 0.05) is 11.9 Å². The van der Waals surface area contributed by atoms with Crippen LogP contribution in [0.2, 0.25) is 0 Å². The molecule has 1 fully saturated rings. The fraction of sp³-hybridized carbons (Fsp3) is 0.421. The van der Waals surface area contributed by atoms with E-state index in [2.05, 4.69) is 10.3 Å². The lowest BCUT2D eigenvalue weighted by Crippen LogP contribution is -2.35. The second-order valence-electron chi connectivity index (χ2n) is 6.76. The zero-order chi connectivity index (χ0) is 17.2. The molecule has 2 aromatic heterocycles. The second-order valence-corrected chi connectivity index (χ2v) is 6.76. The van der Waals surface area contributed by atoms with Crippen molar-refractivity contribution in [1.82, 2.24) is 14.9 Å². The first-order valence-electron chi connectivity index (χ1n) is 8.86. The molecule has 130 valence electrons. The van der Waals surface area contributed by atoms with Crippen molar-refractivity contribution in [3.05, 3.63) is 40.9 Å². The van der Waals surface area contributed by atoms with Crippen molar-refractivity contribution < 1.29 is 9.21 Å². The summed E-state index contributed by atoms with van der Waals surface area (Å²) in [5, 5.41) is 3.75. The number of benzene rings is 1. The predicted octanol–water partition coefficient (Wildman–Crippen LogP) is 2.84. The number of carbonyl (C=O) groups excluding carboxylic acids is 1. The third-order valence-corrected chi connectivity index (χ3v) is 4.98. The van der Waals surface area contributed by atoms with Crippen molar-refractivity contribution in [1.29, 1.82) is 0 Å². The van der Waals surface area contributed by atoms with E-state index >= 15 is 0 Å². The van der Waals surface area contributed by atoms with E-state index in [1.807, 2.05) is 18.2 Å². The highest BCUT2D eigenvalue weighted by molar-refractivity contribution is 6.01. The Morgan fingerprint density at radius 1 is 1.24 bits per heavy atom. The van der Waals surface area contributed by atoms with Crippen molar-refractivity contribution in [2.75, 3.05) is 6.54 Å². The summed E-state index contributed by atoms with van der Waals surface area (Å²) in [6, 6.07) is 7.40. The van der Waals surface area contributed by atoms with E-state index in [4.69, 9.17) is 4.42 Å². The highest BCUT2D eigenvalue weighted by Gasteiger charge is 2.16. The Bertz CT molecular complexity index is 967. The van der Waals surface area contributed by atoms with Gasteiger partial charge in [-0.3, -0.25) is 14.2 Å². The SMILES string of the molecule is O=C(Cn1cnc2c(oc3ccccc32)c1=O)NCC1CCCCC1. The number of fused-ring (bicyclic) bond motifs is 3. The van der Waals surface area contributed by atoms with Gasteiger partial charge in [-0.25, -0.2) is 4.98 Å². The van der Waals surface area contributed by atoms with Crippen molar-refractivity contribution in [3.8, 4) is 0 Å². The molecule has 3 aromatic rings. The summed E-state index contributed by atoms with van der Waals surface area (Å²) >= 11 is 0. The molecule has 1 saturated carbocycles. The van der Waals surface area contributed by atoms with Gasteiger partial charge in [0.2, 0.25) is 11.5 Å². The molecule has 1 aliphatic carbocycles. The van der Waals surface area contributed by atoms with E-state index in [1.54, 1.807) is 6.07 Å². The lowest BCUT2D eigenvalue weighted by atomic mass is 9.89. The minimum atomic E-state index is -0.325. The van der Waals surface area contributed by atoms with Crippen LogP contribution in [0.3, 0.4) is 0 Å². The van der Waals surface area contributed by atoms with Gasteiger partial charge in [0.1, 0.15) is 17.6 Å². The molecule has 1 aromatic carbocycles. The van der Waals surface area contributed by atoms with Gasteiger partial charge in [-0.1, -0.05) is 31.4 Å². The largest absolute Gasteiger partial charge is 0.448 e. The summed E-state index contributed by atoms with van der Waals surface area (Å²) in [5.74, 6) is 0.398. The Labute approximate surface area is 144 Å². The van der Waals surface area contributed by atoms with Gasteiger partial charge in [-0.2, -0.15) is 0 Å². The van der Waals surface area contributed by atoms with Crippen LogP contribution in [0.25, 0.3) is 22.1 Å². The Balaban J connectivity index is 1.51. The molecule has 4 rings (SSSR count). The molecule has 0 atom stereocenters. The van der Waals surface area contributed by atoms with Crippen molar-refractivity contribution >= 4 is 28.0 Å². The summed E-state index contributed by atoms with van der Waals surface area (Å²) in [6.07, 6.45) is 7.55. The Morgan fingerprint density at radius 2 is 2.04 bits per heavy atom. The lowest BCUT2D eigenvalue weighted by Gasteiger charge is -2.21. The van der Waals surface area contributed by atoms with E-state index in [9.17, 15) is 9.59 Å². The molecule has 0 bridgehead atoms. The molecule has 0 radical (unpaired) electrons. The van der Waals surface area contributed by atoms with Gasteiger partial charge >= 0.3 is 0 Å². The average Bonchev–Trinajstić information content (AvgIpc) is 3.03. The molecular weight excluding hydrogens is 318 g/mol. The quantitative estimate of drug-likeness (QED) is 0.793. The van der Waals surface area contributed by atoms with Gasteiger partial charge in [-0.15, -0.1) is 0 Å². The molecule has 1 N–H and O–H groups in total. The highest BCUT2D eigenvalue weighted by Crippen LogP contribution is 2.24. The topological polar surface area (TPSA) is 77.1 Å². The zero-order valence-corrected chi connectivity index (χ0v) is 14.0. The Kier molecular flexibility index (Phi) is 4.26. The fourth-order valence-electron chi connectivity index (χ4n) is 3.59.